The second kappa shape index (κ2) is 5.49. The van der Waals surface area contributed by atoms with E-state index in [0.717, 1.165) is 19.3 Å². The molecule has 0 aromatic rings. The van der Waals surface area contributed by atoms with Crippen LogP contribution in [0.5, 0.6) is 0 Å². The van der Waals surface area contributed by atoms with E-state index in [1.165, 1.54) is 0 Å². The summed E-state index contributed by atoms with van der Waals surface area (Å²) in [5, 5.41) is 8.58. The Morgan fingerprint density at radius 2 is 2.07 bits per heavy atom. The zero-order valence-electron chi connectivity index (χ0n) is 9.03. The van der Waals surface area contributed by atoms with E-state index in [4.69, 9.17) is 14.6 Å². The number of aliphatic hydroxyl groups is 1. The van der Waals surface area contributed by atoms with Crippen molar-refractivity contribution < 1.29 is 14.6 Å². The number of rotatable bonds is 5. The molecule has 0 amide bonds. The Hall–Kier alpha value is -0.380. The summed E-state index contributed by atoms with van der Waals surface area (Å²) in [6.45, 7) is 4.92. The molecule has 3 nitrogen and oxygen atoms in total. The predicted molar refractivity (Wildman–Crippen MR) is 55.0 cm³/mol. The summed E-state index contributed by atoms with van der Waals surface area (Å²) >= 11 is 0. The van der Waals surface area contributed by atoms with E-state index in [1.54, 1.807) is 6.08 Å². The third kappa shape index (κ3) is 2.80. The standard InChI is InChI=1S/C11H20O3/c1-3-11(4-2)13-9-10(14-11)7-5-6-8-12/h5-6,10,12H,3-4,7-9H2,1-2H3/b6-5+/t10-/m0/s1. The summed E-state index contributed by atoms with van der Waals surface area (Å²) in [5.74, 6) is -0.349. The normalized spacial score (nSPS) is 26.1. The molecule has 0 radical (unpaired) electrons. The fourth-order valence-electron chi connectivity index (χ4n) is 1.68. The highest BCUT2D eigenvalue weighted by molar-refractivity contribution is 4.87. The van der Waals surface area contributed by atoms with E-state index in [1.807, 2.05) is 6.08 Å². The third-order valence-corrected chi connectivity index (χ3v) is 2.66. The molecule has 1 heterocycles. The molecule has 0 spiro atoms. The molecule has 0 aromatic heterocycles. The Bertz CT molecular complexity index is 185. The van der Waals surface area contributed by atoms with Gasteiger partial charge in [0.05, 0.1) is 19.3 Å². The number of aliphatic hydroxyl groups excluding tert-OH is 1. The van der Waals surface area contributed by atoms with E-state index in [2.05, 4.69) is 13.8 Å². The van der Waals surface area contributed by atoms with Crippen LogP contribution in [-0.4, -0.2) is 30.2 Å². The summed E-state index contributed by atoms with van der Waals surface area (Å²) in [6, 6.07) is 0. The van der Waals surface area contributed by atoms with E-state index in [9.17, 15) is 0 Å². The molecule has 0 saturated carbocycles. The lowest BCUT2D eigenvalue weighted by Crippen LogP contribution is -2.28. The van der Waals surface area contributed by atoms with Crippen LogP contribution in [0.4, 0.5) is 0 Å². The van der Waals surface area contributed by atoms with Crippen molar-refractivity contribution in [2.24, 2.45) is 0 Å². The molecule has 1 aliphatic heterocycles. The van der Waals surface area contributed by atoms with E-state index >= 15 is 0 Å². The summed E-state index contributed by atoms with van der Waals surface area (Å²) < 4.78 is 11.5. The van der Waals surface area contributed by atoms with Gasteiger partial charge in [0.25, 0.3) is 0 Å². The topological polar surface area (TPSA) is 38.7 Å². The average molecular weight is 200 g/mol. The van der Waals surface area contributed by atoms with Gasteiger partial charge < -0.3 is 14.6 Å². The molecular weight excluding hydrogens is 180 g/mol. The third-order valence-electron chi connectivity index (χ3n) is 2.66. The Labute approximate surface area is 85.7 Å². The smallest absolute Gasteiger partial charge is 0.168 e. The molecule has 1 rings (SSSR count). The largest absolute Gasteiger partial charge is 0.392 e. The highest BCUT2D eigenvalue weighted by Gasteiger charge is 2.37. The molecule has 82 valence electrons. The minimum atomic E-state index is -0.349. The summed E-state index contributed by atoms with van der Waals surface area (Å²) in [6.07, 6.45) is 6.43. The van der Waals surface area contributed by atoms with Crippen LogP contribution in [0.3, 0.4) is 0 Å². The van der Waals surface area contributed by atoms with Crippen molar-refractivity contribution >= 4 is 0 Å². The molecule has 0 aliphatic carbocycles. The lowest BCUT2D eigenvalue weighted by molar-refractivity contribution is -0.171. The Balaban J connectivity index is 2.36. The van der Waals surface area contributed by atoms with Gasteiger partial charge in [0.2, 0.25) is 0 Å². The van der Waals surface area contributed by atoms with Gasteiger partial charge in [-0.15, -0.1) is 0 Å². The first kappa shape index (κ1) is 11.7. The lowest BCUT2D eigenvalue weighted by atomic mass is 10.1. The molecule has 1 N–H and O–H groups in total. The molecule has 3 heteroatoms. The number of hydrogen-bond acceptors (Lipinski definition) is 3. The quantitative estimate of drug-likeness (QED) is 0.688. The summed E-state index contributed by atoms with van der Waals surface area (Å²) in [5.41, 5.74) is 0. The van der Waals surface area contributed by atoms with Gasteiger partial charge in [0.15, 0.2) is 5.79 Å². The van der Waals surface area contributed by atoms with Gasteiger partial charge >= 0.3 is 0 Å². The Morgan fingerprint density at radius 3 is 2.57 bits per heavy atom. The van der Waals surface area contributed by atoms with Crippen molar-refractivity contribution in [3.8, 4) is 0 Å². The van der Waals surface area contributed by atoms with E-state index < -0.39 is 0 Å². The monoisotopic (exact) mass is 200 g/mol. The van der Waals surface area contributed by atoms with Crippen molar-refractivity contribution in [3.05, 3.63) is 12.2 Å². The number of hydrogen-bond donors (Lipinski definition) is 1. The van der Waals surface area contributed by atoms with Crippen LogP contribution in [0.15, 0.2) is 12.2 Å². The van der Waals surface area contributed by atoms with Gasteiger partial charge in [-0.25, -0.2) is 0 Å². The Kier molecular flexibility index (Phi) is 4.58. The van der Waals surface area contributed by atoms with Crippen molar-refractivity contribution in [2.75, 3.05) is 13.2 Å². The van der Waals surface area contributed by atoms with E-state index in [-0.39, 0.29) is 18.5 Å². The first-order chi connectivity index (χ1) is 6.76. The van der Waals surface area contributed by atoms with Crippen LogP contribution in [0.1, 0.15) is 33.1 Å². The molecule has 0 unspecified atom stereocenters. The molecule has 14 heavy (non-hydrogen) atoms. The number of ether oxygens (including phenoxy) is 2. The minimum absolute atomic E-state index is 0.0975. The van der Waals surface area contributed by atoms with Crippen molar-refractivity contribution in [2.45, 2.75) is 45.0 Å². The second-order valence-electron chi connectivity index (χ2n) is 3.56. The van der Waals surface area contributed by atoms with Crippen LogP contribution in [-0.2, 0) is 9.47 Å². The molecule has 0 aromatic carbocycles. The summed E-state index contributed by atoms with van der Waals surface area (Å²) in [7, 11) is 0. The van der Waals surface area contributed by atoms with Crippen molar-refractivity contribution in [1.29, 1.82) is 0 Å². The first-order valence-electron chi connectivity index (χ1n) is 5.34. The maximum absolute atomic E-state index is 8.58. The zero-order chi connectivity index (χ0) is 10.4. The predicted octanol–water partition coefficient (Wildman–Crippen LogP) is 1.86. The molecule has 1 aliphatic rings. The van der Waals surface area contributed by atoms with Crippen LogP contribution >= 0.6 is 0 Å². The van der Waals surface area contributed by atoms with Crippen LogP contribution in [0, 0.1) is 0 Å². The SMILES string of the molecule is CCC1(CC)OC[C@H](C/C=C/CO)O1. The molecule has 0 bridgehead atoms. The van der Waals surface area contributed by atoms with Gasteiger partial charge in [-0.2, -0.15) is 0 Å². The molecule has 1 fully saturated rings. The van der Waals surface area contributed by atoms with E-state index in [0.29, 0.717) is 6.61 Å². The molecular formula is C11H20O3. The van der Waals surface area contributed by atoms with Crippen LogP contribution in [0.25, 0.3) is 0 Å². The van der Waals surface area contributed by atoms with Gasteiger partial charge in [-0.3, -0.25) is 0 Å². The highest BCUT2D eigenvalue weighted by Crippen LogP contribution is 2.31. The average Bonchev–Trinajstić information content (AvgIpc) is 2.63. The van der Waals surface area contributed by atoms with Gasteiger partial charge in [-0.1, -0.05) is 26.0 Å². The lowest BCUT2D eigenvalue weighted by Gasteiger charge is -2.24. The minimum Gasteiger partial charge on any atom is -0.392 e. The second-order valence-corrected chi connectivity index (χ2v) is 3.56. The highest BCUT2D eigenvalue weighted by atomic mass is 16.7. The maximum atomic E-state index is 8.58. The van der Waals surface area contributed by atoms with Crippen molar-refractivity contribution in [1.82, 2.24) is 0 Å². The fourth-order valence-corrected chi connectivity index (χ4v) is 1.68. The Morgan fingerprint density at radius 1 is 1.36 bits per heavy atom. The summed E-state index contributed by atoms with van der Waals surface area (Å²) in [4.78, 5) is 0. The zero-order valence-corrected chi connectivity index (χ0v) is 9.03. The first-order valence-corrected chi connectivity index (χ1v) is 5.34. The van der Waals surface area contributed by atoms with Gasteiger partial charge in [0, 0.05) is 0 Å². The van der Waals surface area contributed by atoms with Gasteiger partial charge in [0.1, 0.15) is 0 Å². The molecule has 1 atom stereocenters. The van der Waals surface area contributed by atoms with Crippen molar-refractivity contribution in [3.63, 3.8) is 0 Å². The van der Waals surface area contributed by atoms with Gasteiger partial charge in [-0.05, 0) is 19.3 Å². The van der Waals surface area contributed by atoms with Crippen LogP contribution < -0.4 is 0 Å². The fraction of sp³-hybridized carbons (Fsp3) is 0.818. The van der Waals surface area contributed by atoms with Crippen LogP contribution in [0.2, 0.25) is 0 Å². The maximum Gasteiger partial charge on any atom is 0.168 e. The molecule has 1 saturated heterocycles.